The third-order valence-corrected chi connectivity index (χ3v) is 5.63. The van der Waals surface area contributed by atoms with Crippen molar-refractivity contribution in [2.75, 3.05) is 0 Å². The van der Waals surface area contributed by atoms with Gasteiger partial charge in [-0.3, -0.25) is 4.79 Å². The maximum absolute atomic E-state index is 11.9. The van der Waals surface area contributed by atoms with E-state index in [9.17, 15) is 4.79 Å². The van der Waals surface area contributed by atoms with E-state index in [2.05, 4.69) is 28.2 Å². The highest BCUT2D eigenvalue weighted by Crippen LogP contribution is 2.24. The summed E-state index contributed by atoms with van der Waals surface area (Å²) in [5, 5.41) is 3.21. The summed E-state index contributed by atoms with van der Waals surface area (Å²) >= 11 is 3.70. The molecule has 1 saturated carbocycles. The molecule has 3 heteroatoms. The lowest BCUT2D eigenvalue weighted by molar-refractivity contribution is -0.122. The minimum absolute atomic E-state index is 0.259. The van der Waals surface area contributed by atoms with Crippen LogP contribution in [0.4, 0.5) is 0 Å². The van der Waals surface area contributed by atoms with Gasteiger partial charge in [-0.05, 0) is 19.3 Å². The lowest BCUT2D eigenvalue weighted by atomic mass is 9.95. The van der Waals surface area contributed by atoms with Crippen molar-refractivity contribution >= 4 is 21.8 Å². The van der Waals surface area contributed by atoms with E-state index < -0.39 is 0 Å². The highest BCUT2D eigenvalue weighted by atomic mass is 79.9. The number of rotatable bonds is 11. The fourth-order valence-corrected chi connectivity index (χ4v) is 3.84. The van der Waals surface area contributed by atoms with Crippen molar-refractivity contribution in [1.29, 1.82) is 0 Å². The number of alkyl halides is 1. The highest BCUT2D eigenvalue weighted by Gasteiger charge is 2.23. The van der Waals surface area contributed by atoms with Crippen LogP contribution in [0.1, 0.15) is 96.8 Å². The molecule has 0 aliphatic heterocycles. The van der Waals surface area contributed by atoms with Gasteiger partial charge in [0, 0.05) is 17.3 Å². The van der Waals surface area contributed by atoms with Crippen LogP contribution in [-0.4, -0.2) is 16.8 Å². The van der Waals surface area contributed by atoms with Crippen molar-refractivity contribution in [2.45, 2.75) is 108 Å². The van der Waals surface area contributed by atoms with E-state index in [1.54, 1.807) is 0 Å². The Morgan fingerprint density at radius 2 is 1.52 bits per heavy atom. The molecule has 2 atom stereocenters. The Labute approximate surface area is 140 Å². The van der Waals surface area contributed by atoms with Crippen molar-refractivity contribution in [2.24, 2.45) is 0 Å². The second kappa shape index (κ2) is 12.5. The smallest absolute Gasteiger partial charge is 0.220 e. The van der Waals surface area contributed by atoms with Gasteiger partial charge in [-0.25, -0.2) is 0 Å². The Balaban J connectivity index is 1.91. The average Bonchev–Trinajstić information content (AvgIpc) is 2.48. The van der Waals surface area contributed by atoms with Crippen molar-refractivity contribution in [3.63, 3.8) is 0 Å². The summed E-state index contributed by atoms with van der Waals surface area (Å²) in [4.78, 5) is 12.4. The Morgan fingerprint density at radius 1 is 0.952 bits per heavy atom. The van der Waals surface area contributed by atoms with Crippen molar-refractivity contribution < 1.29 is 4.79 Å². The molecular weight excluding hydrogens is 326 g/mol. The van der Waals surface area contributed by atoms with Gasteiger partial charge in [-0.2, -0.15) is 0 Å². The molecule has 21 heavy (non-hydrogen) atoms. The molecule has 0 aromatic carbocycles. The first kappa shape index (κ1) is 19.0. The third-order valence-electron chi connectivity index (χ3n) is 4.54. The molecule has 0 spiro atoms. The van der Waals surface area contributed by atoms with Gasteiger partial charge in [0.2, 0.25) is 5.91 Å². The fourth-order valence-electron chi connectivity index (χ4n) is 3.12. The van der Waals surface area contributed by atoms with Gasteiger partial charge in [0.25, 0.3) is 0 Å². The maximum Gasteiger partial charge on any atom is 0.220 e. The molecular formula is C18H34BrNO. The van der Waals surface area contributed by atoms with Crippen molar-refractivity contribution in [3.8, 4) is 0 Å². The molecule has 2 unspecified atom stereocenters. The molecule has 0 aromatic rings. The van der Waals surface area contributed by atoms with Crippen LogP contribution in [0.25, 0.3) is 0 Å². The Bertz CT molecular complexity index is 270. The molecule has 0 saturated heterocycles. The van der Waals surface area contributed by atoms with Crippen molar-refractivity contribution in [1.82, 2.24) is 5.32 Å². The second-order valence-electron chi connectivity index (χ2n) is 6.55. The molecule has 1 aliphatic rings. The second-order valence-corrected chi connectivity index (χ2v) is 7.73. The van der Waals surface area contributed by atoms with Gasteiger partial charge in [-0.1, -0.05) is 87.1 Å². The molecule has 1 aliphatic carbocycles. The Morgan fingerprint density at radius 3 is 2.14 bits per heavy atom. The monoisotopic (exact) mass is 359 g/mol. The molecule has 2 nitrogen and oxygen atoms in total. The zero-order valence-electron chi connectivity index (χ0n) is 13.8. The van der Waals surface area contributed by atoms with E-state index >= 15 is 0 Å². The summed E-state index contributed by atoms with van der Waals surface area (Å²) in [5.74, 6) is 0.259. The van der Waals surface area contributed by atoms with E-state index in [1.165, 1.54) is 70.6 Å². The number of hydrogen-bond donors (Lipinski definition) is 1. The minimum atomic E-state index is 0.259. The first-order chi connectivity index (χ1) is 10.2. The quantitative estimate of drug-likeness (QED) is 0.370. The molecule has 1 fully saturated rings. The standard InChI is InChI=1S/C18H34BrNO/c1-2-3-4-5-6-7-8-9-10-15-18(21)20-17-14-12-11-13-16(17)19/h16-17H,2-15H2,1H3,(H,20,21). The lowest BCUT2D eigenvalue weighted by Crippen LogP contribution is -2.42. The summed E-state index contributed by atoms with van der Waals surface area (Å²) in [6.45, 7) is 2.26. The van der Waals surface area contributed by atoms with E-state index in [-0.39, 0.29) is 5.91 Å². The van der Waals surface area contributed by atoms with Gasteiger partial charge in [-0.15, -0.1) is 0 Å². The van der Waals surface area contributed by atoms with Crippen LogP contribution < -0.4 is 5.32 Å². The SMILES string of the molecule is CCCCCCCCCCCC(=O)NC1CCCCC1Br. The van der Waals surface area contributed by atoms with Gasteiger partial charge in [0.05, 0.1) is 0 Å². The summed E-state index contributed by atoms with van der Waals surface area (Å²) in [6, 6.07) is 0.366. The van der Waals surface area contributed by atoms with Crippen molar-refractivity contribution in [3.05, 3.63) is 0 Å². The third kappa shape index (κ3) is 9.55. The number of carbonyl (C=O) groups is 1. The largest absolute Gasteiger partial charge is 0.352 e. The van der Waals surface area contributed by atoms with Crippen LogP contribution in [0.15, 0.2) is 0 Å². The number of hydrogen-bond acceptors (Lipinski definition) is 1. The molecule has 124 valence electrons. The van der Waals surface area contributed by atoms with Crippen LogP contribution in [0.2, 0.25) is 0 Å². The molecule has 0 aromatic heterocycles. The van der Waals surface area contributed by atoms with E-state index in [4.69, 9.17) is 0 Å². The number of carbonyl (C=O) groups excluding carboxylic acids is 1. The summed E-state index contributed by atoms with van der Waals surface area (Å²) in [7, 11) is 0. The number of halogens is 1. The van der Waals surface area contributed by atoms with Gasteiger partial charge < -0.3 is 5.32 Å². The van der Waals surface area contributed by atoms with Gasteiger partial charge in [0.15, 0.2) is 0 Å². The predicted molar refractivity (Wildman–Crippen MR) is 95.0 cm³/mol. The van der Waals surface area contributed by atoms with Crippen LogP contribution in [0.5, 0.6) is 0 Å². The Hall–Kier alpha value is -0.0500. The summed E-state index contributed by atoms with van der Waals surface area (Å²) < 4.78 is 0. The number of amides is 1. The van der Waals surface area contributed by atoms with Crippen LogP contribution in [0.3, 0.4) is 0 Å². The Kier molecular flexibility index (Phi) is 11.3. The van der Waals surface area contributed by atoms with Crippen LogP contribution in [-0.2, 0) is 4.79 Å². The van der Waals surface area contributed by atoms with E-state index in [0.29, 0.717) is 17.3 Å². The normalized spacial score (nSPS) is 22.2. The summed E-state index contributed by atoms with van der Waals surface area (Å²) in [5.41, 5.74) is 0. The minimum Gasteiger partial charge on any atom is -0.352 e. The first-order valence-electron chi connectivity index (χ1n) is 9.17. The topological polar surface area (TPSA) is 29.1 Å². The molecule has 1 N–H and O–H groups in total. The van der Waals surface area contributed by atoms with Crippen LogP contribution in [0, 0.1) is 0 Å². The molecule has 0 radical (unpaired) electrons. The van der Waals surface area contributed by atoms with E-state index in [1.807, 2.05) is 0 Å². The zero-order valence-corrected chi connectivity index (χ0v) is 15.4. The molecule has 0 heterocycles. The zero-order chi connectivity index (χ0) is 15.3. The van der Waals surface area contributed by atoms with Gasteiger partial charge >= 0.3 is 0 Å². The maximum atomic E-state index is 11.9. The highest BCUT2D eigenvalue weighted by molar-refractivity contribution is 9.09. The average molecular weight is 360 g/mol. The van der Waals surface area contributed by atoms with E-state index in [0.717, 1.165) is 12.8 Å². The number of unbranched alkanes of at least 4 members (excludes halogenated alkanes) is 8. The summed E-state index contributed by atoms with van der Waals surface area (Å²) in [6.07, 6.45) is 17.4. The predicted octanol–water partition coefficient (Wildman–Crippen LogP) is 5.73. The fraction of sp³-hybridized carbons (Fsp3) is 0.944. The lowest BCUT2D eigenvalue weighted by Gasteiger charge is -2.28. The first-order valence-corrected chi connectivity index (χ1v) is 10.1. The molecule has 1 rings (SSSR count). The molecule has 1 amide bonds. The molecule has 0 bridgehead atoms. The number of nitrogens with one attached hydrogen (secondary N) is 1. The van der Waals surface area contributed by atoms with Gasteiger partial charge in [0.1, 0.15) is 0 Å². The van der Waals surface area contributed by atoms with Crippen LogP contribution >= 0.6 is 15.9 Å².